The van der Waals surface area contributed by atoms with Gasteiger partial charge in [-0.25, -0.2) is 9.18 Å². The second-order valence-corrected chi connectivity index (χ2v) is 9.84. The van der Waals surface area contributed by atoms with Crippen LogP contribution in [0.3, 0.4) is 0 Å². The van der Waals surface area contributed by atoms with Gasteiger partial charge in [-0.1, -0.05) is 56.3 Å². The molecule has 0 fully saturated rings. The first kappa shape index (κ1) is 28.3. The molecule has 40 heavy (non-hydrogen) atoms. The lowest BCUT2D eigenvalue weighted by Crippen LogP contribution is -2.44. The molecule has 1 heterocycles. The van der Waals surface area contributed by atoms with Crippen LogP contribution in [0.4, 0.5) is 14.9 Å². The van der Waals surface area contributed by atoms with Crippen LogP contribution in [-0.4, -0.2) is 34.8 Å². The summed E-state index contributed by atoms with van der Waals surface area (Å²) in [5.41, 5.74) is 2.91. The summed E-state index contributed by atoms with van der Waals surface area (Å²) >= 11 is 0. The topological polar surface area (TPSA) is 82.9 Å². The highest BCUT2D eigenvalue weighted by molar-refractivity contribution is 5.92. The van der Waals surface area contributed by atoms with Gasteiger partial charge in [0.15, 0.2) is 5.43 Å². The molecule has 206 valence electrons. The number of nitrogens with one attached hydrogen (secondary N) is 1. The maximum absolute atomic E-state index is 13.6. The Bertz CT molecular complexity index is 1550. The molecule has 0 saturated carbocycles. The summed E-state index contributed by atoms with van der Waals surface area (Å²) in [4.78, 5) is 42.7. The minimum atomic E-state index is -0.461. The van der Waals surface area contributed by atoms with E-state index in [1.807, 2.05) is 24.3 Å². The zero-order valence-electron chi connectivity index (χ0n) is 22.6. The van der Waals surface area contributed by atoms with E-state index in [1.54, 1.807) is 36.4 Å². The molecule has 0 unspecified atom stereocenters. The Balaban J connectivity index is 1.56. The fourth-order valence-electron chi connectivity index (χ4n) is 4.27. The molecule has 3 amide bonds. The van der Waals surface area contributed by atoms with Gasteiger partial charge in [0.1, 0.15) is 17.9 Å². The molecule has 0 spiro atoms. The molecule has 4 aromatic rings. The number of hydrogen-bond acceptors (Lipinski definition) is 4. The average Bonchev–Trinajstić information content (AvgIpc) is 2.95. The lowest BCUT2D eigenvalue weighted by atomic mass is 10.0. The molecular formula is C32H32FN3O4. The smallest absolute Gasteiger partial charge is 0.322 e. The molecule has 8 heteroatoms. The van der Waals surface area contributed by atoms with Gasteiger partial charge in [0.25, 0.3) is 0 Å². The van der Waals surface area contributed by atoms with Gasteiger partial charge in [-0.3, -0.25) is 9.59 Å². The highest BCUT2D eigenvalue weighted by atomic mass is 19.1. The number of nitrogens with zero attached hydrogens (tertiary/aromatic N) is 2. The third kappa shape index (κ3) is 7.02. The number of carbonyl (C=O) groups excluding carboxylic acids is 2. The van der Waals surface area contributed by atoms with Crippen LogP contribution in [0.1, 0.15) is 36.5 Å². The fraction of sp³-hybridized carbons (Fsp3) is 0.219. The second-order valence-electron chi connectivity index (χ2n) is 9.84. The van der Waals surface area contributed by atoms with Gasteiger partial charge in [-0.15, -0.1) is 6.58 Å². The SMILES string of the molecule is C=CCN(CC(=O)N(Cc1ccc(F)cc1)Cc1coc2ccccc2c1=O)C(=O)Nc1ccc(C(C)C)cc1. The number of rotatable bonds is 10. The predicted octanol–water partition coefficient (Wildman–Crippen LogP) is 6.30. The first-order chi connectivity index (χ1) is 19.2. The molecule has 4 rings (SSSR count). The van der Waals surface area contributed by atoms with Gasteiger partial charge in [0.2, 0.25) is 5.91 Å². The van der Waals surface area contributed by atoms with Crippen LogP contribution < -0.4 is 10.7 Å². The summed E-state index contributed by atoms with van der Waals surface area (Å²) < 4.78 is 19.2. The molecule has 0 aliphatic heterocycles. The van der Waals surface area contributed by atoms with Crippen LogP contribution in [0, 0.1) is 5.82 Å². The molecule has 7 nitrogen and oxygen atoms in total. The van der Waals surface area contributed by atoms with Crippen LogP contribution in [0.2, 0.25) is 0 Å². The number of amides is 3. The Kier molecular flexibility index (Phi) is 9.11. The zero-order valence-corrected chi connectivity index (χ0v) is 22.6. The van der Waals surface area contributed by atoms with E-state index in [1.165, 1.54) is 34.3 Å². The Hall–Kier alpha value is -4.72. The van der Waals surface area contributed by atoms with Gasteiger partial charge < -0.3 is 19.5 Å². The number of fused-ring (bicyclic) bond motifs is 1. The van der Waals surface area contributed by atoms with Gasteiger partial charge in [-0.2, -0.15) is 0 Å². The first-order valence-corrected chi connectivity index (χ1v) is 13.0. The van der Waals surface area contributed by atoms with E-state index in [-0.39, 0.29) is 31.6 Å². The number of para-hydroxylation sites is 1. The van der Waals surface area contributed by atoms with E-state index in [0.29, 0.717) is 33.7 Å². The molecule has 0 atom stereocenters. The fourth-order valence-corrected chi connectivity index (χ4v) is 4.27. The molecule has 1 aromatic heterocycles. The van der Waals surface area contributed by atoms with Crippen molar-refractivity contribution >= 4 is 28.6 Å². The molecule has 0 bridgehead atoms. The van der Waals surface area contributed by atoms with E-state index in [0.717, 1.165) is 5.56 Å². The maximum Gasteiger partial charge on any atom is 0.322 e. The summed E-state index contributed by atoms with van der Waals surface area (Å²) in [6, 6.07) is 19.7. The number of urea groups is 1. The third-order valence-electron chi connectivity index (χ3n) is 6.54. The summed E-state index contributed by atoms with van der Waals surface area (Å²) in [5.74, 6) is -0.437. The summed E-state index contributed by atoms with van der Waals surface area (Å²) in [7, 11) is 0. The highest BCUT2D eigenvalue weighted by Crippen LogP contribution is 2.18. The van der Waals surface area contributed by atoms with Crippen LogP contribution in [-0.2, 0) is 17.9 Å². The standard InChI is InChI=1S/C32H32FN3O4/c1-4-17-35(32(39)34-27-15-11-24(12-16-27)22(2)3)20-30(37)36(18-23-9-13-26(33)14-10-23)19-25-21-40-29-8-6-5-7-28(29)31(25)38/h4-16,21-22H,1,17-20H2,2-3H3,(H,34,39). The zero-order chi connectivity index (χ0) is 28.6. The average molecular weight is 542 g/mol. The van der Waals surface area contributed by atoms with E-state index in [2.05, 4.69) is 25.7 Å². The molecule has 1 N–H and O–H groups in total. The minimum Gasteiger partial charge on any atom is -0.464 e. The van der Waals surface area contributed by atoms with Crippen molar-refractivity contribution in [2.45, 2.75) is 32.9 Å². The first-order valence-electron chi connectivity index (χ1n) is 13.0. The highest BCUT2D eigenvalue weighted by Gasteiger charge is 2.23. The van der Waals surface area contributed by atoms with Gasteiger partial charge >= 0.3 is 6.03 Å². The number of halogens is 1. The van der Waals surface area contributed by atoms with Crippen molar-refractivity contribution in [3.05, 3.63) is 124 Å². The van der Waals surface area contributed by atoms with Crippen LogP contribution in [0.15, 0.2) is 101 Å². The van der Waals surface area contributed by atoms with Gasteiger partial charge in [-0.05, 0) is 53.4 Å². The van der Waals surface area contributed by atoms with Crippen molar-refractivity contribution in [3.63, 3.8) is 0 Å². The summed E-state index contributed by atoms with van der Waals surface area (Å²) in [6.45, 7) is 7.82. The molecule has 0 aliphatic rings. The third-order valence-corrected chi connectivity index (χ3v) is 6.54. The maximum atomic E-state index is 13.6. The molecule has 0 aliphatic carbocycles. The lowest BCUT2D eigenvalue weighted by molar-refractivity contribution is -0.133. The molecule has 0 saturated heterocycles. The van der Waals surface area contributed by atoms with Crippen molar-refractivity contribution in [3.8, 4) is 0 Å². The second kappa shape index (κ2) is 12.9. The van der Waals surface area contributed by atoms with Crippen molar-refractivity contribution in [1.29, 1.82) is 0 Å². The van der Waals surface area contributed by atoms with Crippen molar-refractivity contribution in [2.75, 3.05) is 18.4 Å². The normalized spacial score (nSPS) is 10.9. The number of hydrogen-bond donors (Lipinski definition) is 1. The van der Waals surface area contributed by atoms with Crippen molar-refractivity contribution < 1.29 is 18.4 Å². The Morgan fingerprint density at radius 1 is 0.975 bits per heavy atom. The van der Waals surface area contributed by atoms with E-state index >= 15 is 0 Å². The summed E-state index contributed by atoms with van der Waals surface area (Å²) in [5, 5.41) is 3.24. The van der Waals surface area contributed by atoms with Crippen molar-refractivity contribution in [2.24, 2.45) is 0 Å². The van der Waals surface area contributed by atoms with Crippen LogP contribution in [0.25, 0.3) is 11.0 Å². The molecule has 0 radical (unpaired) electrons. The Morgan fingerprint density at radius 3 is 2.35 bits per heavy atom. The number of anilines is 1. The summed E-state index contributed by atoms with van der Waals surface area (Å²) in [6.07, 6.45) is 2.89. The van der Waals surface area contributed by atoms with Crippen molar-refractivity contribution in [1.82, 2.24) is 9.80 Å². The number of benzene rings is 3. The van der Waals surface area contributed by atoms with Gasteiger partial charge in [0.05, 0.1) is 23.8 Å². The number of carbonyl (C=O) groups is 2. The van der Waals surface area contributed by atoms with E-state index < -0.39 is 17.8 Å². The van der Waals surface area contributed by atoms with Crippen LogP contribution >= 0.6 is 0 Å². The molecular weight excluding hydrogens is 509 g/mol. The Morgan fingerprint density at radius 2 is 1.68 bits per heavy atom. The minimum absolute atomic E-state index is 0.0520. The monoisotopic (exact) mass is 541 g/mol. The quantitative estimate of drug-likeness (QED) is 0.239. The largest absolute Gasteiger partial charge is 0.464 e. The molecule has 3 aromatic carbocycles. The predicted molar refractivity (Wildman–Crippen MR) is 154 cm³/mol. The van der Waals surface area contributed by atoms with E-state index in [4.69, 9.17) is 4.42 Å². The van der Waals surface area contributed by atoms with E-state index in [9.17, 15) is 18.8 Å². The van der Waals surface area contributed by atoms with Crippen LogP contribution in [0.5, 0.6) is 0 Å². The lowest BCUT2D eigenvalue weighted by Gasteiger charge is -2.27. The van der Waals surface area contributed by atoms with Gasteiger partial charge in [0, 0.05) is 18.8 Å². The Labute approximate surface area is 232 Å².